The predicted molar refractivity (Wildman–Crippen MR) is 72.4 cm³/mol. The molecule has 0 unspecified atom stereocenters. The number of amides is 3. The summed E-state index contributed by atoms with van der Waals surface area (Å²) in [6, 6.07) is 0. The molecule has 0 aromatic carbocycles. The van der Waals surface area contributed by atoms with E-state index >= 15 is 0 Å². The van der Waals surface area contributed by atoms with Crippen molar-refractivity contribution in [1.82, 2.24) is 9.80 Å². The molecule has 2 fully saturated rings. The van der Waals surface area contributed by atoms with E-state index in [4.69, 9.17) is 0 Å². The summed E-state index contributed by atoms with van der Waals surface area (Å²) in [5.41, 5.74) is 0. The van der Waals surface area contributed by atoms with Gasteiger partial charge in [0.1, 0.15) is 0 Å². The monoisotopic (exact) mass is 276 g/mol. The second-order valence-electron chi connectivity index (χ2n) is 6.21. The smallest absolute Gasteiger partial charge is 0.233 e. The van der Waals surface area contributed by atoms with Gasteiger partial charge in [-0.05, 0) is 24.7 Å². The van der Waals surface area contributed by atoms with Crippen LogP contribution in [0.2, 0.25) is 0 Å². The fourth-order valence-corrected chi connectivity index (χ4v) is 3.79. The first kappa shape index (κ1) is 13.3. The fourth-order valence-electron chi connectivity index (χ4n) is 3.79. The van der Waals surface area contributed by atoms with Crippen LogP contribution in [-0.2, 0) is 14.4 Å². The van der Waals surface area contributed by atoms with Crippen LogP contribution in [0.1, 0.15) is 19.3 Å². The van der Waals surface area contributed by atoms with Crippen LogP contribution in [0.4, 0.5) is 0 Å². The molecule has 4 aliphatic rings. The number of hydrogen-bond acceptors (Lipinski definition) is 3. The van der Waals surface area contributed by atoms with Gasteiger partial charge in [0, 0.05) is 27.1 Å². The maximum Gasteiger partial charge on any atom is 0.233 e. The second kappa shape index (κ2) is 4.72. The van der Waals surface area contributed by atoms with Crippen LogP contribution >= 0.6 is 0 Å². The minimum Gasteiger partial charge on any atom is -0.349 e. The Labute approximate surface area is 118 Å². The van der Waals surface area contributed by atoms with E-state index in [1.165, 1.54) is 9.80 Å². The molecule has 4 rings (SSSR count). The molecule has 3 aliphatic carbocycles. The van der Waals surface area contributed by atoms with Gasteiger partial charge in [-0.15, -0.1) is 0 Å². The number of carbonyl (C=O) groups is 3. The number of rotatable bonds is 3. The molecular weight excluding hydrogens is 256 g/mol. The molecule has 1 saturated heterocycles. The highest BCUT2D eigenvalue weighted by Crippen LogP contribution is 2.49. The number of fused-ring (bicyclic) bond motifs is 1. The average Bonchev–Trinajstić information content (AvgIpc) is 2.72. The lowest BCUT2D eigenvalue weighted by Crippen LogP contribution is -2.38. The summed E-state index contributed by atoms with van der Waals surface area (Å²) < 4.78 is 0. The molecule has 4 atom stereocenters. The van der Waals surface area contributed by atoms with Crippen LogP contribution in [0.5, 0.6) is 0 Å². The van der Waals surface area contributed by atoms with Gasteiger partial charge in [-0.3, -0.25) is 19.3 Å². The van der Waals surface area contributed by atoms with E-state index in [2.05, 4.69) is 12.2 Å². The Bertz CT molecular complexity index is 465. The van der Waals surface area contributed by atoms with Crippen LogP contribution in [-0.4, -0.2) is 48.2 Å². The summed E-state index contributed by atoms with van der Waals surface area (Å²) in [7, 11) is 3.36. The Hall–Kier alpha value is -1.65. The lowest BCUT2D eigenvalue weighted by atomic mass is 9.63. The number of carbonyl (C=O) groups excluding carboxylic acids is 3. The average molecular weight is 276 g/mol. The summed E-state index contributed by atoms with van der Waals surface area (Å²) in [6.07, 6.45) is 6.44. The van der Waals surface area contributed by atoms with Gasteiger partial charge >= 0.3 is 0 Å². The van der Waals surface area contributed by atoms with Crippen LogP contribution in [0.3, 0.4) is 0 Å². The Morgan fingerprint density at radius 1 is 1.15 bits per heavy atom. The van der Waals surface area contributed by atoms with E-state index in [1.54, 1.807) is 14.1 Å². The number of allylic oxidation sites excluding steroid dienone is 2. The molecule has 0 radical (unpaired) electrons. The van der Waals surface area contributed by atoms with E-state index in [1.807, 2.05) is 0 Å². The molecule has 1 saturated carbocycles. The SMILES string of the molecule is CN(C)C(=O)CCN1C(=O)[C@H]2[C@H](C1=O)[C@H]1C=C[C@H]2CC1. The van der Waals surface area contributed by atoms with Gasteiger partial charge < -0.3 is 4.90 Å². The van der Waals surface area contributed by atoms with E-state index in [0.29, 0.717) is 0 Å². The van der Waals surface area contributed by atoms with E-state index in [-0.39, 0.29) is 54.4 Å². The molecule has 2 bridgehead atoms. The van der Waals surface area contributed by atoms with E-state index in [9.17, 15) is 14.4 Å². The fraction of sp³-hybridized carbons (Fsp3) is 0.667. The van der Waals surface area contributed by atoms with Gasteiger partial charge in [-0.25, -0.2) is 0 Å². The molecule has 5 heteroatoms. The molecule has 0 spiro atoms. The van der Waals surface area contributed by atoms with Gasteiger partial charge in [-0.1, -0.05) is 12.2 Å². The van der Waals surface area contributed by atoms with Gasteiger partial charge in [0.25, 0.3) is 0 Å². The van der Waals surface area contributed by atoms with Crippen LogP contribution in [0.15, 0.2) is 12.2 Å². The Morgan fingerprint density at radius 3 is 2.05 bits per heavy atom. The van der Waals surface area contributed by atoms with Crippen molar-refractivity contribution in [3.63, 3.8) is 0 Å². The zero-order chi connectivity index (χ0) is 14.4. The number of imide groups is 1. The first-order valence-electron chi connectivity index (χ1n) is 7.24. The lowest BCUT2D eigenvalue weighted by Gasteiger charge is -2.38. The summed E-state index contributed by atoms with van der Waals surface area (Å²) in [5, 5.41) is 0. The third-order valence-electron chi connectivity index (χ3n) is 4.90. The Balaban J connectivity index is 1.74. The molecule has 0 N–H and O–H groups in total. The number of hydrogen-bond donors (Lipinski definition) is 0. The van der Waals surface area contributed by atoms with Crippen molar-refractivity contribution < 1.29 is 14.4 Å². The van der Waals surface area contributed by atoms with Gasteiger partial charge in [0.15, 0.2) is 0 Å². The molecule has 1 heterocycles. The highest BCUT2D eigenvalue weighted by atomic mass is 16.2. The quantitative estimate of drug-likeness (QED) is 0.562. The van der Waals surface area contributed by atoms with Gasteiger partial charge in [0.05, 0.1) is 11.8 Å². The van der Waals surface area contributed by atoms with E-state index in [0.717, 1.165) is 12.8 Å². The normalized spacial score (nSPS) is 34.6. The van der Waals surface area contributed by atoms with Crippen molar-refractivity contribution in [3.8, 4) is 0 Å². The topological polar surface area (TPSA) is 57.7 Å². The Kier molecular flexibility index (Phi) is 3.15. The largest absolute Gasteiger partial charge is 0.349 e. The highest BCUT2D eigenvalue weighted by molar-refractivity contribution is 6.06. The van der Waals surface area contributed by atoms with Gasteiger partial charge in [-0.2, -0.15) is 0 Å². The first-order valence-corrected chi connectivity index (χ1v) is 7.24. The zero-order valence-electron chi connectivity index (χ0n) is 11.9. The number of likely N-dealkylation sites (tertiary alicyclic amines) is 1. The van der Waals surface area contributed by atoms with Gasteiger partial charge in [0.2, 0.25) is 17.7 Å². The lowest BCUT2D eigenvalue weighted by molar-refractivity contribution is -0.140. The van der Waals surface area contributed by atoms with Crippen molar-refractivity contribution in [2.45, 2.75) is 19.3 Å². The third kappa shape index (κ3) is 1.87. The summed E-state index contributed by atoms with van der Waals surface area (Å²) in [5.74, 6) is -0.0776. The highest BCUT2D eigenvalue weighted by Gasteiger charge is 2.56. The molecular formula is C15H20N2O3. The van der Waals surface area contributed by atoms with Crippen LogP contribution in [0, 0.1) is 23.7 Å². The minimum atomic E-state index is -0.166. The van der Waals surface area contributed by atoms with Crippen molar-refractivity contribution >= 4 is 17.7 Å². The minimum absolute atomic E-state index is 0.0541. The molecule has 20 heavy (non-hydrogen) atoms. The zero-order valence-corrected chi connectivity index (χ0v) is 11.9. The summed E-state index contributed by atoms with van der Waals surface area (Å²) in [4.78, 5) is 39.4. The van der Waals surface area contributed by atoms with Crippen LogP contribution < -0.4 is 0 Å². The van der Waals surface area contributed by atoms with Crippen molar-refractivity contribution in [3.05, 3.63) is 12.2 Å². The molecule has 0 aromatic heterocycles. The molecule has 1 aliphatic heterocycles. The van der Waals surface area contributed by atoms with E-state index < -0.39 is 0 Å². The van der Waals surface area contributed by atoms with Crippen molar-refractivity contribution in [2.75, 3.05) is 20.6 Å². The Morgan fingerprint density at radius 2 is 1.65 bits per heavy atom. The summed E-state index contributed by atoms with van der Waals surface area (Å²) >= 11 is 0. The van der Waals surface area contributed by atoms with Crippen molar-refractivity contribution in [1.29, 1.82) is 0 Å². The van der Waals surface area contributed by atoms with Crippen molar-refractivity contribution in [2.24, 2.45) is 23.7 Å². The third-order valence-corrected chi connectivity index (χ3v) is 4.90. The standard InChI is InChI=1S/C15H20N2O3/c1-16(2)11(18)7-8-17-14(19)12-9-3-4-10(6-5-9)13(12)15(17)20/h3-4,9-10,12-13H,5-8H2,1-2H3/t9-,10-,12+,13+/m0/s1. The maximum atomic E-state index is 12.5. The molecule has 5 nitrogen and oxygen atoms in total. The second-order valence-corrected chi connectivity index (χ2v) is 6.21. The molecule has 108 valence electrons. The molecule has 0 aromatic rings. The molecule has 3 amide bonds. The predicted octanol–water partition coefficient (Wildman–Crippen LogP) is 0.662. The van der Waals surface area contributed by atoms with Crippen LogP contribution in [0.25, 0.3) is 0 Å². The maximum absolute atomic E-state index is 12.5. The summed E-state index contributed by atoms with van der Waals surface area (Å²) in [6.45, 7) is 0.223. The number of nitrogens with zero attached hydrogens (tertiary/aromatic N) is 2. The first-order chi connectivity index (χ1) is 9.50.